The van der Waals surface area contributed by atoms with Crippen molar-refractivity contribution in [3.63, 3.8) is 0 Å². The Labute approximate surface area is 159 Å². The number of hydrogen-bond acceptors (Lipinski definition) is 4. The summed E-state index contributed by atoms with van der Waals surface area (Å²) in [6.07, 6.45) is 2.24. The molecule has 1 N–H and O–H groups in total. The van der Waals surface area contributed by atoms with Crippen LogP contribution in [0.4, 0.5) is 4.79 Å². The van der Waals surface area contributed by atoms with Gasteiger partial charge in [-0.1, -0.05) is 12.1 Å². The number of pyridine rings is 1. The lowest BCUT2D eigenvalue weighted by Crippen LogP contribution is -2.39. The predicted molar refractivity (Wildman–Crippen MR) is 104 cm³/mol. The average molecular weight is 370 g/mol. The zero-order chi connectivity index (χ0) is 19.4. The van der Waals surface area contributed by atoms with Crippen molar-refractivity contribution in [1.82, 2.24) is 20.1 Å². The van der Waals surface area contributed by atoms with Crippen molar-refractivity contribution in [2.45, 2.75) is 19.9 Å². The van der Waals surface area contributed by atoms with E-state index in [-0.39, 0.29) is 17.9 Å². The van der Waals surface area contributed by atoms with Crippen LogP contribution < -0.4 is 10.1 Å². The molecule has 3 amide bonds. The molecule has 1 aromatic carbocycles. The normalized spacial score (nSPS) is 16.6. The van der Waals surface area contributed by atoms with Crippen molar-refractivity contribution in [3.05, 3.63) is 36.0 Å². The van der Waals surface area contributed by atoms with Crippen molar-refractivity contribution in [2.24, 2.45) is 5.92 Å². The molecular weight excluding hydrogens is 344 g/mol. The molecule has 2 aromatic rings. The number of urea groups is 1. The van der Waals surface area contributed by atoms with Gasteiger partial charge in [0.2, 0.25) is 5.91 Å². The summed E-state index contributed by atoms with van der Waals surface area (Å²) >= 11 is 0. The molecule has 7 heteroatoms. The van der Waals surface area contributed by atoms with Gasteiger partial charge < -0.3 is 19.9 Å². The number of nitrogens with one attached hydrogen (secondary N) is 1. The predicted octanol–water partition coefficient (Wildman–Crippen LogP) is 2.25. The molecule has 1 aliphatic rings. The molecule has 0 aliphatic carbocycles. The number of carbonyl (C=O) groups is 2. The van der Waals surface area contributed by atoms with E-state index in [4.69, 9.17) is 4.74 Å². The summed E-state index contributed by atoms with van der Waals surface area (Å²) in [5.41, 5.74) is 1.79. The van der Waals surface area contributed by atoms with Gasteiger partial charge >= 0.3 is 6.03 Å². The van der Waals surface area contributed by atoms with E-state index in [1.54, 1.807) is 25.3 Å². The second-order valence-corrected chi connectivity index (χ2v) is 6.87. The number of nitrogens with zero attached hydrogens (tertiary/aromatic N) is 3. The number of amides is 3. The molecule has 3 rings (SSSR count). The lowest BCUT2D eigenvalue weighted by atomic mass is 10.1. The van der Waals surface area contributed by atoms with Gasteiger partial charge in [0.25, 0.3) is 0 Å². The first-order valence-corrected chi connectivity index (χ1v) is 9.20. The number of hydrogen-bond donors (Lipinski definition) is 1. The van der Waals surface area contributed by atoms with Gasteiger partial charge in [-0.25, -0.2) is 4.79 Å². The highest BCUT2D eigenvalue weighted by Gasteiger charge is 2.28. The first-order chi connectivity index (χ1) is 13.0. The van der Waals surface area contributed by atoms with Crippen LogP contribution in [0.15, 0.2) is 30.5 Å². The SMILES string of the molecule is CCN1C[C@H](CNC(=O)N(C)Cc2ccc(OC)c3ncccc23)CC1=O. The van der Waals surface area contributed by atoms with E-state index in [2.05, 4.69) is 10.3 Å². The minimum absolute atomic E-state index is 0.148. The first kappa shape index (κ1) is 18.9. The van der Waals surface area contributed by atoms with Gasteiger partial charge in [-0.15, -0.1) is 0 Å². The highest BCUT2D eigenvalue weighted by atomic mass is 16.5. The fourth-order valence-electron chi connectivity index (χ4n) is 3.50. The lowest BCUT2D eigenvalue weighted by molar-refractivity contribution is -0.127. The van der Waals surface area contributed by atoms with Crippen LogP contribution in [0.2, 0.25) is 0 Å². The smallest absolute Gasteiger partial charge is 0.317 e. The molecule has 144 valence electrons. The molecule has 0 unspecified atom stereocenters. The maximum atomic E-state index is 12.5. The van der Waals surface area contributed by atoms with Gasteiger partial charge in [-0.05, 0) is 24.6 Å². The van der Waals surface area contributed by atoms with Crippen molar-refractivity contribution in [3.8, 4) is 5.75 Å². The Morgan fingerprint density at radius 2 is 2.22 bits per heavy atom. The van der Waals surface area contributed by atoms with Crippen molar-refractivity contribution >= 4 is 22.8 Å². The van der Waals surface area contributed by atoms with Gasteiger partial charge in [0.15, 0.2) is 0 Å². The largest absolute Gasteiger partial charge is 0.494 e. The first-order valence-electron chi connectivity index (χ1n) is 9.20. The van der Waals surface area contributed by atoms with Gasteiger partial charge in [0, 0.05) is 57.1 Å². The molecule has 27 heavy (non-hydrogen) atoms. The van der Waals surface area contributed by atoms with Gasteiger partial charge in [0.1, 0.15) is 11.3 Å². The maximum absolute atomic E-state index is 12.5. The second kappa shape index (κ2) is 8.24. The monoisotopic (exact) mass is 370 g/mol. The molecule has 1 saturated heterocycles. The summed E-state index contributed by atoms with van der Waals surface area (Å²) in [4.78, 5) is 32.1. The zero-order valence-corrected chi connectivity index (χ0v) is 16.1. The van der Waals surface area contributed by atoms with Crippen LogP contribution in [0.3, 0.4) is 0 Å². The summed E-state index contributed by atoms with van der Waals surface area (Å²) in [5, 5.41) is 3.92. The molecule has 0 bridgehead atoms. The van der Waals surface area contributed by atoms with E-state index in [1.807, 2.05) is 36.1 Å². The summed E-state index contributed by atoms with van der Waals surface area (Å²) in [6, 6.07) is 7.55. The van der Waals surface area contributed by atoms with E-state index >= 15 is 0 Å². The standard InChI is InChI=1S/C20H26N4O3/c1-4-24-12-14(10-18(24)25)11-22-20(26)23(2)13-15-7-8-17(27-3)19-16(15)6-5-9-21-19/h5-9,14H,4,10-13H2,1-3H3,(H,22,26)/t14-/m0/s1. The maximum Gasteiger partial charge on any atom is 0.317 e. The highest BCUT2D eigenvalue weighted by Crippen LogP contribution is 2.27. The quantitative estimate of drug-likeness (QED) is 0.846. The Hall–Kier alpha value is -2.83. The van der Waals surface area contributed by atoms with Gasteiger partial charge in [-0.3, -0.25) is 9.78 Å². The molecule has 1 fully saturated rings. The minimum atomic E-state index is -0.148. The Bertz CT molecular complexity index is 839. The van der Waals surface area contributed by atoms with Crippen LogP contribution in [-0.4, -0.2) is 60.5 Å². The Morgan fingerprint density at radius 3 is 2.93 bits per heavy atom. The zero-order valence-electron chi connectivity index (χ0n) is 16.1. The third-order valence-corrected chi connectivity index (χ3v) is 5.02. The molecular formula is C20H26N4O3. The van der Waals surface area contributed by atoms with Crippen molar-refractivity contribution < 1.29 is 14.3 Å². The number of benzene rings is 1. The van der Waals surface area contributed by atoms with Crippen LogP contribution in [0.5, 0.6) is 5.75 Å². The number of likely N-dealkylation sites (tertiary alicyclic amines) is 1. The highest BCUT2D eigenvalue weighted by molar-refractivity contribution is 5.87. The molecule has 7 nitrogen and oxygen atoms in total. The van der Waals surface area contributed by atoms with Crippen LogP contribution in [0.25, 0.3) is 10.9 Å². The van der Waals surface area contributed by atoms with Gasteiger partial charge in [0.05, 0.1) is 7.11 Å². The van der Waals surface area contributed by atoms with E-state index < -0.39 is 0 Å². The summed E-state index contributed by atoms with van der Waals surface area (Å²) in [5.74, 6) is 1.07. The number of aromatic nitrogens is 1. The lowest BCUT2D eigenvalue weighted by Gasteiger charge is -2.21. The molecule has 0 spiro atoms. The Kier molecular flexibility index (Phi) is 5.78. The van der Waals surface area contributed by atoms with E-state index in [1.165, 1.54) is 0 Å². The van der Waals surface area contributed by atoms with Crippen molar-refractivity contribution in [2.75, 3.05) is 33.8 Å². The van der Waals surface area contributed by atoms with E-state index in [0.717, 1.165) is 23.0 Å². The Balaban J connectivity index is 1.62. The molecule has 1 aromatic heterocycles. The number of rotatable bonds is 6. The molecule has 1 aliphatic heterocycles. The number of carbonyl (C=O) groups excluding carboxylic acids is 2. The summed E-state index contributed by atoms with van der Waals surface area (Å²) < 4.78 is 5.37. The number of methoxy groups -OCH3 is 1. The summed E-state index contributed by atoms with van der Waals surface area (Å²) in [6.45, 7) is 4.38. The minimum Gasteiger partial charge on any atom is -0.494 e. The van der Waals surface area contributed by atoms with Crippen molar-refractivity contribution in [1.29, 1.82) is 0 Å². The molecule has 1 atom stereocenters. The fourth-order valence-corrected chi connectivity index (χ4v) is 3.50. The van der Waals surface area contributed by atoms with E-state index in [9.17, 15) is 9.59 Å². The Morgan fingerprint density at radius 1 is 1.41 bits per heavy atom. The van der Waals surface area contributed by atoms with Crippen LogP contribution in [0, 0.1) is 5.92 Å². The van der Waals surface area contributed by atoms with Gasteiger partial charge in [-0.2, -0.15) is 0 Å². The fraction of sp³-hybridized carbons (Fsp3) is 0.450. The van der Waals surface area contributed by atoms with Crippen LogP contribution in [0.1, 0.15) is 18.9 Å². The summed E-state index contributed by atoms with van der Waals surface area (Å²) in [7, 11) is 3.38. The number of ether oxygens (including phenoxy) is 1. The molecule has 0 radical (unpaired) electrons. The van der Waals surface area contributed by atoms with Crippen LogP contribution in [-0.2, 0) is 11.3 Å². The average Bonchev–Trinajstić information content (AvgIpc) is 3.06. The second-order valence-electron chi connectivity index (χ2n) is 6.87. The molecule has 2 heterocycles. The third-order valence-electron chi connectivity index (χ3n) is 5.02. The van der Waals surface area contributed by atoms with E-state index in [0.29, 0.717) is 31.8 Å². The molecule has 0 saturated carbocycles. The van der Waals surface area contributed by atoms with Crippen LogP contribution >= 0.6 is 0 Å². The number of fused-ring (bicyclic) bond motifs is 1. The third kappa shape index (κ3) is 4.13. The topological polar surface area (TPSA) is 74.8 Å².